The van der Waals surface area contributed by atoms with Crippen LogP contribution in [-0.2, 0) is 16.0 Å². The lowest BCUT2D eigenvalue weighted by Gasteiger charge is -2.40. The Kier molecular flexibility index (Phi) is 5.32. The highest BCUT2D eigenvalue weighted by atomic mass is 16.5. The van der Waals surface area contributed by atoms with Crippen LogP contribution in [0.25, 0.3) is 5.57 Å². The van der Waals surface area contributed by atoms with Crippen LogP contribution >= 0.6 is 0 Å². The van der Waals surface area contributed by atoms with Gasteiger partial charge in [0.25, 0.3) is 5.69 Å². The second kappa shape index (κ2) is 7.44. The molecule has 1 aliphatic rings. The number of nitroso groups, excluding NO2 is 1. The molecule has 29 heavy (non-hydrogen) atoms. The average Bonchev–Trinajstić information content (AvgIpc) is 2.67. The second-order valence-electron chi connectivity index (χ2n) is 8.08. The maximum atomic E-state index is 13.1. The summed E-state index contributed by atoms with van der Waals surface area (Å²) in [7, 11) is 0. The molecule has 1 heterocycles. The van der Waals surface area contributed by atoms with Crippen LogP contribution in [0.4, 0.5) is 5.69 Å². The van der Waals surface area contributed by atoms with Crippen molar-refractivity contribution in [1.29, 1.82) is 0 Å². The van der Waals surface area contributed by atoms with E-state index in [1.165, 1.54) is 0 Å². The van der Waals surface area contributed by atoms with Gasteiger partial charge in [0.1, 0.15) is 28.5 Å². The molecule has 3 rings (SSSR count). The number of ether oxygens (including phenoxy) is 2. The van der Waals surface area contributed by atoms with Gasteiger partial charge in [-0.1, -0.05) is 13.0 Å². The van der Waals surface area contributed by atoms with Crippen LogP contribution in [0.15, 0.2) is 48.2 Å². The topological polar surface area (TPSA) is 86.8 Å². The molecule has 0 unspecified atom stereocenters. The Balaban J connectivity index is 2.09. The molecule has 1 aliphatic heterocycles. The molecule has 0 radical (unpaired) electrons. The minimum absolute atomic E-state index is 0.0838. The largest absolute Gasteiger partial charge is 0.508 e. The maximum absolute atomic E-state index is 13.1. The first-order valence-corrected chi connectivity index (χ1v) is 9.57. The van der Waals surface area contributed by atoms with Gasteiger partial charge in [0.2, 0.25) is 0 Å². The van der Waals surface area contributed by atoms with Crippen molar-refractivity contribution in [2.75, 3.05) is 0 Å². The SMILES string of the molecule is CCc1ccc(Oc2ccc([NH+]=O)cc2)cc1C1=C(O)C(C)(C)OC(C)(C)C1=O. The minimum Gasteiger partial charge on any atom is -0.508 e. The van der Waals surface area contributed by atoms with Gasteiger partial charge in [-0.25, -0.2) is 0 Å². The number of aryl methyl sites for hydroxylation is 1. The number of carbonyl (C=O) groups excluding carboxylic acids is 1. The molecule has 2 aromatic rings. The zero-order chi connectivity index (χ0) is 21.4. The summed E-state index contributed by atoms with van der Waals surface area (Å²) in [6, 6.07) is 12.1. The van der Waals surface area contributed by atoms with Crippen molar-refractivity contribution in [2.24, 2.45) is 0 Å². The molecule has 6 nitrogen and oxygen atoms in total. The number of carbonyl (C=O) groups is 1. The fourth-order valence-electron chi connectivity index (χ4n) is 3.58. The molecule has 152 valence electrons. The first kappa shape index (κ1) is 20.7. The van der Waals surface area contributed by atoms with Crippen molar-refractivity contribution in [3.05, 3.63) is 64.3 Å². The van der Waals surface area contributed by atoms with Crippen LogP contribution in [0.5, 0.6) is 11.5 Å². The molecule has 2 aromatic carbocycles. The van der Waals surface area contributed by atoms with Gasteiger partial charge in [0.05, 0.1) is 5.57 Å². The Morgan fingerprint density at radius 2 is 1.62 bits per heavy atom. The second-order valence-corrected chi connectivity index (χ2v) is 8.08. The summed E-state index contributed by atoms with van der Waals surface area (Å²) in [5.41, 5.74) is 0.205. The van der Waals surface area contributed by atoms with Crippen molar-refractivity contribution >= 4 is 17.0 Å². The number of Topliss-reactive ketones (excluding diaryl/α,β-unsaturated/α-hetero) is 1. The van der Waals surface area contributed by atoms with E-state index in [-0.39, 0.29) is 17.1 Å². The van der Waals surface area contributed by atoms with E-state index in [4.69, 9.17) is 9.47 Å². The Hall–Kier alpha value is -2.99. The molecule has 0 spiro atoms. The van der Waals surface area contributed by atoms with Gasteiger partial charge in [-0.3, -0.25) is 4.79 Å². The van der Waals surface area contributed by atoms with Crippen molar-refractivity contribution in [1.82, 2.24) is 0 Å². The van der Waals surface area contributed by atoms with Crippen LogP contribution in [-0.4, -0.2) is 22.1 Å². The van der Waals surface area contributed by atoms with Gasteiger partial charge in [-0.05, 0) is 69.5 Å². The van der Waals surface area contributed by atoms with Crippen molar-refractivity contribution in [3.8, 4) is 11.5 Å². The van der Waals surface area contributed by atoms with Gasteiger partial charge in [-0.2, -0.15) is 0 Å². The number of benzene rings is 2. The van der Waals surface area contributed by atoms with E-state index in [9.17, 15) is 14.8 Å². The summed E-state index contributed by atoms with van der Waals surface area (Å²) in [4.78, 5) is 23.8. The Morgan fingerprint density at radius 3 is 2.21 bits per heavy atom. The quantitative estimate of drug-likeness (QED) is 0.799. The lowest BCUT2D eigenvalue weighted by Crippen LogP contribution is -2.55. The molecule has 0 atom stereocenters. The fraction of sp³-hybridized carbons (Fsp3) is 0.348. The molecule has 0 amide bonds. The standard InChI is InChI=1S/C23H25NO5/c1-6-14-7-10-17(28-16-11-8-15(24-27)9-12-16)13-18(14)19-20(25)22(2,3)29-23(4,5)21(19)26/h7-13,25H,6H2,1-5H3/p+1. The Morgan fingerprint density at radius 1 is 1.00 bits per heavy atom. The van der Waals surface area contributed by atoms with Crippen molar-refractivity contribution < 1.29 is 24.6 Å². The Bertz CT molecular complexity index is 987. The fourth-order valence-corrected chi connectivity index (χ4v) is 3.58. The number of aliphatic hydroxyl groups is 1. The van der Waals surface area contributed by atoms with Crippen LogP contribution < -0.4 is 9.91 Å². The smallest absolute Gasteiger partial charge is 0.253 e. The highest BCUT2D eigenvalue weighted by Gasteiger charge is 2.47. The molecular weight excluding hydrogens is 370 g/mol. The molecule has 0 fully saturated rings. The van der Waals surface area contributed by atoms with E-state index < -0.39 is 11.2 Å². The number of ketones is 1. The molecule has 2 N–H and O–H groups in total. The minimum atomic E-state index is -1.06. The van der Waals surface area contributed by atoms with E-state index in [0.717, 1.165) is 5.56 Å². The van der Waals surface area contributed by atoms with Crippen LogP contribution in [0.1, 0.15) is 45.7 Å². The van der Waals surface area contributed by atoms with Gasteiger partial charge in [-0.15, -0.1) is 0 Å². The summed E-state index contributed by atoms with van der Waals surface area (Å²) in [6.07, 6.45) is 0.686. The van der Waals surface area contributed by atoms with Crippen LogP contribution in [0.2, 0.25) is 0 Å². The first-order chi connectivity index (χ1) is 13.6. The van der Waals surface area contributed by atoms with Crippen molar-refractivity contribution in [3.63, 3.8) is 0 Å². The first-order valence-electron chi connectivity index (χ1n) is 9.57. The molecular formula is C23H26NO5+. The van der Waals surface area contributed by atoms with E-state index >= 15 is 0 Å². The monoisotopic (exact) mass is 396 g/mol. The number of rotatable bonds is 5. The number of nitrogens with one attached hydrogen (secondary N) is 1. The van der Waals surface area contributed by atoms with Crippen molar-refractivity contribution in [2.45, 2.75) is 52.2 Å². The zero-order valence-electron chi connectivity index (χ0n) is 17.3. The number of hydrogen-bond acceptors (Lipinski definition) is 5. The van der Waals surface area contributed by atoms with Gasteiger partial charge in [0, 0.05) is 22.2 Å². The van der Waals surface area contributed by atoms with Gasteiger partial charge in [0.15, 0.2) is 5.78 Å². The summed E-state index contributed by atoms with van der Waals surface area (Å²) in [5, 5.41) is 12.7. The van der Waals surface area contributed by atoms with Gasteiger partial charge < -0.3 is 14.6 Å². The molecule has 0 aromatic heterocycles. The Labute approximate surface area is 170 Å². The summed E-state index contributed by atoms with van der Waals surface area (Å²) in [5.74, 6) is 0.721. The average molecular weight is 396 g/mol. The maximum Gasteiger partial charge on any atom is 0.253 e. The highest BCUT2D eigenvalue weighted by molar-refractivity contribution is 6.26. The normalized spacial score (nSPS) is 17.9. The molecule has 0 aliphatic carbocycles. The van der Waals surface area contributed by atoms with E-state index in [1.54, 1.807) is 58.0 Å². The molecule has 6 heteroatoms. The predicted octanol–water partition coefficient (Wildman–Crippen LogP) is 3.95. The molecule has 0 saturated carbocycles. The van der Waals surface area contributed by atoms with Gasteiger partial charge >= 0.3 is 0 Å². The summed E-state index contributed by atoms with van der Waals surface area (Å²) in [6.45, 7) is 8.90. The molecule has 0 bridgehead atoms. The van der Waals surface area contributed by atoms with Crippen LogP contribution in [0, 0.1) is 4.91 Å². The number of hydrogen-bond donors (Lipinski definition) is 2. The lowest BCUT2D eigenvalue weighted by molar-refractivity contribution is -0.379. The van der Waals surface area contributed by atoms with E-state index in [0.29, 0.717) is 29.2 Å². The summed E-state index contributed by atoms with van der Waals surface area (Å²) >= 11 is 0. The highest BCUT2D eigenvalue weighted by Crippen LogP contribution is 2.41. The third-order valence-electron chi connectivity index (χ3n) is 5.03. The van der Waals surface area contributed by atoms with E-state index in [2.05, 4.69) is 0 Å². The van der Waals surface area contributed by atoms with Crippen LogP contribution in [0.3, 0.4) is 0 Å². The summed E-state index contributed by atoms with van der Waals surface area (Å²) < 4.78 is 11.7. The number of aliphatic hydroxyl groups excluding tert-OH is 1. The third-order valence-corrected chi connectivity index (χ3v) is 5.03. The van der Waals surface area contributed by atoms with E-state index in [1.807, 2.05) is 24.2 Å². The third kappa shape index (κ3) is 3.93. The molecule has 0 saturated heterocycles. The lowest BCUT2D eigenvalue weighted by atomic mass is 9.81. The predicted molar refractivity (Wildman–Crippen MR) is 110 cm³/mol. The zero-order valence-corrected chi connectivity index (χ0v) is 17.3.